The predicted molar refractivity (Wildman–Crippen MR) is 167 cm³/mol. The number of fused-ring (bicyclic) bond motifs is 1. The summed E-state index contributed by atoms with van der Waals surface area (Å²) >= 11 is 1.49. The Hall–Kier alpha value is -3.72. The van der Waals surface area contributed by atoms with Gasteiger partial charge in [0.2, 0.25) is 11.8 Å². The van der Waals surface area contributed by atoms with E-state index in [1.807, 2.05) is 60.0 Å². The van der Waals surface area contributed by atoms with Crippen LogP contribution in [0.25, 0.3) is 6.08 Å². The van der Waals surface area contributed by atoms with Gasteiger partial charge >= 0.3 is 0 Å². The summed E-state index contributed by atoms with van der Waals surface area (Å²) in [6.07, 6.45) is 4.18. The maximum Gasteiger partial charge on any atom is 0.234 e. The number of ether oxygens (including phenoxy) is 1. The van der Waals surface area contributed by atoms with Crippen molar-refractivity contribution in [3.05, 3.63) is 99.3 Å². The number of phenolic OH excluding ortho intramolecular Hbond substituents is 1. The molecule has 0 bridgehead atoms. The van der Waals surface area contributed by atoms with Gasteiger partial charge in [-0.1, -0.05) is 61.4 Å². The average Bonchev–Trinajstić information content (AvgIpc) is 3.61. The molecule has 5 rings (SSSR count). The number of amides is 2. The Kier molecular flexibility index (Phi) is 10.1. The number of nitrogens with zero attached hydrogens (tertiary/aromatic N) is 1. The lowest BCUT2D eigenvalue weighted by atomic mass is 9.68. The van der Waals surface area contributed by atoms with Gasteiger partial charge in [0.05, 0.1) is 31.1 Å². The first-order valence-corrected chi connectivity index (χ1v) is 15.8. The van der Waals surface area contributed by atoms with E-state index in [4.69, 9.17) is 4.74 Å². The van der Waals surface area contributed by atoms with Crippen LogP contribution in [0.2, 0.25) is 0 Å². The molecule has 1 aromatic heterocycles. The molecule has 4 atom stereocenters. The number of likely N-dealkylation sites (tertiary alicyclic amines) is 1. The van der Waals surface area contributed by atoms with E-state index in [0.717, 1.165) is 34.4 Å². The summed E-state index contributed by atoms with van der Waals surface area (Å²) in [6, 6.07) is 20.2. The van der Waals surface area contributed by atoms with Crippen molar-refractivity contribution in [1.82, 2.24) is 4.90 Å². The normalized spacial score (nSPS) is 21.3. The first kappa shape index (κ1) is 30.7. The van der Waals surface area contributed by atoms with Gasteiger partial charge in [-0.05, 0) is 78.1 Å². The highest BCUT2D eigenvalue weighted by Gasteiger charge is 2.54. The Balaban J connectivity index is 1.42. The first-order chi connectivity index (χ1) is 20.9. The molecule has 0 unspecified atom stereocenters. The van der Waals surface area contributed by atoms with Gasteiger partial charge in [-0.25, -0.2) is 0 Å². The molecule has 2 aromatic carbocycles. The minimum Gasteiger partial charge on any atom is -0.508 e. The number of para-hydroxylation sites is 1. The number of carbonyl (C=O) groups excluding carboxylic acids is 2. The van der Waals surface area contributed by atoms with Gasteiger partial charge in [-0.15, -0.1) is 11.3 Å². The maximum atomic E-state index is 13.7. The van der Waals surface area contributed by atoms with Gasteiger partial charge in [0.15, 0.2) is 0 Å². The molecule has 43 heavy (non-hydrogen) atoms. The van der Waals surface area contributed by atoms with Gasteiger partial charge < -0.3 is 20.1 Å². The summed E-state index contributed by atoms with van der Waals surface area (Å²) in [5.74, 6) is -1.66. The summed E-state index contributed by atoms with van der Waals surface area (Å²) < 4.78 is 6.10. The molecule has 2 aliphatic rings. The van der Waals surface area contributed by atoms with Crippen molar-refractivity contribution >= 4 is 29.2 Å². The number of thiophene rings is 1. The van der Waals surface area contributed by atoms with Crippen LogP contribution < -0.4 is 4.74 Å². The summed E-state index contributed by atoms with van der Waals surface area (Å²) in [5, 5.41) is 34.2. The van der Waals surface area contributed by atoms with E-state index in [0.29, 0.717) is 30.6 Å². The van der Waals surface area contributed by atoms with Crippen molar-refractivity contribution in [2.45, 2.75) is 51.7 Å². The number of hydrogen-bond acceptors (Lipinski definition) is 7. The number of rotatable bonds is 13. The summed E-state index contributed by atoms with van der Waals surface area (Å²) in [7, 11) is 0. The molecule has 1 fully saturated rings. The molecule has 2 amide bonds. The second-order valence-electron chi connectivity index (χ2n) is 11.3. The van der Waals surface area contributed by atoms with Crippen LogP contribution in [0.3, 0.4) is 0 Å². The van der Waals surface area contributed by atoms with E-state index in [9.17, 15) is 24.9 Å². The third-order valence-corrected chi connectivity index (χ3v) is 9.29. The van der Waals surface area contributed by atoms with Gasteiger partial charge in [-0.2, -0.15) is 0 Å². The molecule has 0 radical (unpaired) electrons. The number of aliphatic hydroxyl groups is 2. The third-order valence-electron chi connectivity index (χ3n) is 8.43. The van der Waals surface area contributed by atoms with Gasteiger partial charge in [0.25, 0.3) is 0 Å². The second kappa shape index (κ2) is 14.2. The van der Waals surface area contributed by atoms with E-state index >= 15 is 0 Å². The lowest BCUT2D eigenvalue weighted by Gasteiger charge is -2.36. The standard InChI is InChI=1S/C35H39NO6S/c1-2-8-23(17-24-9-6-10-26(38)18-24)14-15-31(39)32-25(22-42-27-11-4-3-5-12-27)19-29-33(30(32)21-37)35(41)36(34(29)40)20-28-13-7-16-43-28/h3-7,9-13,16-18,29-31,33,37-39H,2,8,14-15,19-22H2,1H3/b23-17+/t29-,30+,31-,33-/m1/s1. The number of imide groups is 1. The van der Waals surface area contributed by atoms with Gasteiger partial charge in [0.1, 0.15) is 18.1 Å². The number of allylic oxidation sites excluding steroid dienone is 1. The Morgan fingerprint density at radius 2 is 1.88 bits per heavy atom. The molecule has 7 nitrogen and oxygen atoms in total. The molecule has 1 aliphatic carbocycles. The second-order valence-corrected chi connectivity index (χ2v) is 12.4. The lowest BCUT2D eigenvalue weighted by molar-refractivity contribution is -0.140. The van der Waals surface area contributed by atoms with Crippen molar-refractivity contribution in [3.63, 3.8) is 0 Å². The molecular weight excluding hydrogens is 562 g/mol. The van der Waals surface area contributed by atoms with Crippen LogP contribution in [0, 0.1) is 17.8 Å². The van der Waals surface area contributed by atoms with E-state index in [1.54, 1.807) is 18.2 Å². The number of carbonyl (C=O) groups is 2. The highest BCUT2D eigenvalue weighted by Crippen LogP contribution is 2.47. The fourth-order valence-corrected chi connectivity index (χ4v) is 7.17. The number of phenols is 1. The summed E-state index contributed by atoms with van der Waals surface area (Å²) in [6.45, 7) is 2.12. The third kappa shape index (κ3) is 7.09. The SMILES string of the molecule is CCC/C(=C\c1cccc(O)c1)CC[C@@H](O)C1=C(COc2ccccc2)C[C@H]2C(=O)N(Cc3cccs3)C(=O)[C@H]2[C@H]1CO. The molecule has 226 valence electrons. The van der Waals surface area contributed by atoms with Crippen molar-refractivity contribution in [3.8, 4) is 11.5 Å². The van der Waals surface area contributed by atoms with E-state index in [1.165, 1.54) is 16.2 Å². The summed E-state index contributed by atoms with van der Waals surface area (Å²) in [5.41, 5.74) is 3.42. The number of benzene rings is 2. The highest BCUT2D eigenvalue weighted by atomic mass is 32.1. The number of aliphatic hydroxyl groups excluding tert-OH is 2. The quantitative estimate of drug-likeness (QED) is 0.165. The van der Waals surface area contributed by atoms with Crippen LogP contribution in [0.1, 0.15) is 49.5 Å². The number of aromatic hydroxyl groups is 1. The highest BCUT2D eigenvalue weighted by molar-refractivity contribution is 7.09. The van der Waals surface area contributed by atoms with Crippen molar-refractivity contribution in [2.24, 2.45) is 17.8 Å². The van der Waals surface area contributed by atoms with Crippen LogP contribution >= 0.6 is 11.3 Å². The van der Waals surface area contributed by atoms with Crippen LogP contribution in [0.5, 0.6) is 11.5 Å². The molecule has 2 heterocycles. The van der Waals surface area contributed by atoms with E-state index in [2.05, 4.69) is 6.92 Å². The monoisotopic (exact) mass is 601 g/mol. The van der Waals surface area contributed by atoms with Crippen LogP contribution in [0.4, 0.5) is 0 Å². The topological polar surface area (TPSA) is 107 Å². The molecule has 8 heteroatoms. The van der Waals surface area contributed by atoms with Gasteiger partial charge in [0, 0.05) is 10.8 Å². The van der Waals surface area contributed by atoms with Crippen molar-refractivity contribution in [2.75, 3.05) is 13.2 Å². The molecule has 1 aliphatic heterocycles. The minimum absolute atomic E-state index is 0.156. The Morgan fingerprint density at radius 3 is 2.58 bits per heavy atom. The van der Waals surface area contributed by atoms with Crippen LogP contribution in [-0.2, 0) is 16.1 Å². The fraction of sp³-hybridized carbons (Fsp3) is 0.371. The molecule has 0 spiro atoms. The first-order valence-electron chi connectivity index (χ1n) is 14.9. The minimum atomic E-state index is -0.925. The smallest absolute Gasteiger partial charge is 0.234 e. The fourth-order valence-electron chi connectivity index (χ4n) is 6.48. The average molecular weight is 602 g/mol. The molecular formula is C35H39NO6S. The Labute approximate surface area is 256 Å². The Morgan fingerprint density at radius 1 is 1.07 bits per heavy atom. The molecule has 3 aromatic rings. The zero-order valence-corrected chi connectivity index (χ0v) is 25.2. The largest absolute Gasteiger partial charge is 0.508 e. The van der Waals surface area contributed by atoms with E-state index in [-0.39, 0.29) is 37.3 Å². The lowest BCUT2D eigenvalue weighted by Crippen LogP contribution is -2.40. The maximum absolute atomic E-state index is 13.7. The predicted octanol–water partition coefficient (Wildman–Crippen LogP) is 5.97. The Bertz CT molecular complexity index is 1460. The van der Waals surface area contributed by atoms with Crippen LogP contribution in [0.15, 0.2) is 88.8 Å². The zero-order valence-electron chi connectivity index (χ0n) is 24.4. The van der Waals surface area contributed by atoms with Crippen molar-refractivity contribution < 1.29 is 29.6 Å². The molecule has 0 saturated carbocycles. The zero-order chi connectivity index (χ0) is 30.3. The molecule has 3 N–H and O–H groups in total. The summed E-state index contributed by atoms with van der Waals surface area (Å²) in [4.78, 5) is 29.6. The van der Waals surface area contributed by atoms with E-state index < -0.39 is 23.9 Å². The molecule has 1 saturated heterocycles. The van der Waals surface area contributed by atoms with Crippen LogP contribution in [-0.4, -0.2) is 51.4 Å². The van der Waals surface area contributed by atoms with Gasteiger partial charge in [-0.3, -0.25) is 14.5 Å². The number of hydrogen-bond donors (Lipinski definition) is 3. The van der Waals surface area contributed by atoms with Crippen molar-refractivity contribution in [1.29, 1.82) is 0 Å².